The number of morpholine rings is 1. The van der Waals surface area contributed by atoms with Gasteiger partial charge in [0.1, 0.15) is 0 Å². The topological polar surface area (TPSA) is 116 Å². The molecule has 0 aromatic heterocycles. The zero-order valence-electron chi connectivity index (χ0n) is 14.0. The third kappa shape index (κ3) is 5.25. The Morgan fingerprint density at radius 1 is 1.24 bits per heavy atom. The summed E-state index contributed by atoms with van der Waals surface area (Å²) in [6, 6.07) is 6.38. The monoisotopic (exact) mass is 370 g/mol. The highest BCUT2D eigenvalue weighted by Crippen LogP contribution is 2.18. The highest BCUT2D eigenvalue weighted by molar-refractivity contribution is 7.89. The molecule has 0 radical (unpaired) electrons. The summed E-state index contributed by atoms with van der Waals surface area (Å²) in [4.78, 5) is 22.7. The molecule has 138 valence electrons. The van der Waals surface area contributed by atoms with Gasteiger partial charge in [-0.3, -0.25) is 9.59 Å². The largest absolute Gasteiger partial charge is 0.453 e. The van der Waals surface area contributed by atoms with Gasteiger partial charge in [-0.2, -0.15) is 4.31 Å². The number of primary amides is 1. The Morgan fingerprint density at radius 2 is 1.84 bits per heavy atom. The van der Waals surface area contributed by atoms with Gasteiger partial charge in [-0.15, -0.1) is 0 Å². The van der Waals surface area contributed by atoms with Crippen molar-refractivity contribution in [3.05, 3.63) is 29.8 Å². The van der Waals surface area contributed by atoms with E-state index in [2.05, 4.69) is 0 Å². The lowest BCUT2D eigenvalue weighted by Crippen LogP contribution is -2.40. The van der Waals surface area contributed by atoms with E-state index in [4.69, 9.17) is 15.2 Å². The van der Waals surface area contributed by atoms with Gasteiger partial charge in [0.15, 0.2) is 6.10 Å². The lowest BCUT2D eigenvalue weighted by atomic mass is 10.1. The van der Waals surface area contributed by atoms with Crippen LogP contribution in [0.25, 0.3) is 0 Å². The maximum atomic E-state index is 12.5. The molecular weight excluding hydrogens is 348 g/mol. The van der Waals surface area contributed by atoms with Gasteiger partial charge >= 0.3 is 5.97 Å². The molecule has 0 aliphatic carbocycles. The van der Waals surface area contributed by atoms with Gasteiger partial charge in [0, 0.05) is 19.5 Å². The number of esters is 1. The minimum Gasteiger partial charge on any atom is -0.453 e. The third-order valence-electron chi connectivity index (χ3n) is 3.86. The number of benzene rings is 1. The van der Waals surface area contributed by atoms with Gasteiger partial charge in [-0.25, -0.2) is 8.42 Å². The summed E-state index contributed by atoms with van der Waals surface area (Å²) in [6.45, 7) is 2.87. The summed E-state index contributed by atoms with van der Waals surface area (Å²) in [5.74, 6) is -1.23. The Kier molecular flexibility index (Phi) is 6.51. The first-order valence-electron chi connectivity index (χ1n) is 7.96. The zero-order valence-corrected chi connectivity index (χ0v) is 14.8. The lowest BCUT2D eigenvalue weighted by Gasteiger charge is -2.26. The minimum atomic E-state index is -3.53. The van der Waals surface area contributed by atoms with E-state index in [1.807, 2.05) is 0 Å². The third-order valence-corrected chi connectivity index (χ3v) is 5.77. The Labute approximate surface area is 146 Å². The fourth-order valence-corrected chi connectivity index (χ4v) is 3.73. The summed E-state index contributed by atoms with van der Waals surface area (Å²) in [6.07, 6.45) is -0.511. The van der Waals surface area contributed by atoms with E-state index in [0.29, 0.717) is 32.7 Å². The molecule has 0 saturated carbocycles. The van der Waals surface area contributed by atoms with Crippen LogP contribution < -0.4 is 5.73 Å². The second-order valence-corrected chi connectivity index (χ2v) is 7.63. The van der Waals surface area contributed by atoms with Crippen molar-refractivity contribution in [3.63, 3.8) is 0 Å². The summed E-state index contributed by atoms with van der Waals surface area (Å²) in [7, 11) is -3.53. The first-order chi connectivity index (χ1) is 11.8. The summed E-state index contributed by atoms with van der Waals surface area (Å²) >= 11 is 0. The van der Waals surface area contributed by atoms with E-state index in [0.717, 1.165) is 5.56 Å². The summed E-state index contributed by atoms with van der Waals surface area (Å²) in [5.41, 5.74) is 5.82. The Hall–Kier alpha value is -1.97. The van der Waals surface area contributed by atoms with Crippen LogP contribution in [-0.4, -0.2) is 57.0 Å². The van der Waals surface area contributed by atoms with E-state index in [-0.39, 0.29) is 11.3 Å². The van der Waals surface area contributed by atoms with E-state index < -0.39 is 28.0 Å². The molecule has 8 nitrogen and oxygen atoms in total. The van der Waals surface area contributed by atoms with Gasteiger partial charge in [0.05, 0.1) is 18.1 Å². The molecule has 0 spiro atoms. The van der Waals surface area contributed by atoms with Gasteiger partial charge in [0.25, 0.3) is 5.91 Å². The summed E-state index contributed by atoms with van der Waals surface area (Å²) < 4.78 is 36.4. The van der Waals surface area contributed by atoms with Crippen molar-refractivity contribution >= 4 is 21.9 Å². The Bertz CT molecular complexity index is 711. The van der Waals surface area contributed by atoms with Gasteiger partial charge in [-0.05, 0) is 31.0 Å². The van der Waals surface area contributed by atoms with Crippen molar-refractivity contribution in [2.24, 2.45) is 5.73 Å². The maximum absolute atomic E-state index is 12.5. The molecule has 1 aromatic carbocycles. The van der Waals surface area contributed by atoms with Crippen LogP contribution in [0.15, 0.2) is 29.2 Å². The molecule has 1 fully saturated rings. The molecule has 2 N–H and O–H groups in total. The van der Waals surface area contributed by atoms with Crippen molar-refractivity contribution in [2.75, 3.05) is 26.3 Å². The molecule has 0 unspecified atom stereocenters. The van der Waals surface area contributed by atoms with E-state index in [9.17, 15) is 18.0 Å². The number of hydrogen-bond acceptors (Lipinski definition) is 6. The fraction of sp³-hybridized carbons (Fsp3) is 0.500. The minimum absolute atomic E-state index is 0.0766. The van der Waals surface area contributed by atoms with Crippen LogP contribution in [0.1, 0.15) is 18.9 Å². The molecule has 1 heterocycles. The van der Waals surface area contributed by atoms with E-state index in [1.165, 1.54) is 23.4 Å². The molecule has 1 atom stereocenters. The highest BCUT2D eigenvalue weighted by atomic mass is 32.2. The number of amides is 1. The molecule has 1 aliphatic heterocycles. The standard InChI is InChI=1S/C16H22N2O6S/c1-12(16(17)20)24-15(19)7-4-13-2-5-14(6-3-13)25(21,22)18-8-10-23-11-9-18/h2-3,5-6,12H,4,7-11H2,1H3,(H2,17,20)/t12-/m1/s1. The van der Waals surface area contributed by atoms with Crippen molar-refractivity contribution < 1.29 is 27.5 Å². The quantitative estimate of drug-likeness (QED) is 0.678. The van der Waals surface area contributed by atoms with Crippen LogP contribution in [0.2, 0.25) is 0 Å². The number of rotatable bonds is 7. The number of nitrogens with two attached hydrogens (primary N) is 1. The molecule has 0 bridgehead atoms. The van der Waals surface area contributed by atoms with E-state index in [1.54, 1.807) is 12.1 Å². The number of hydrogen-bond donors (Lipinski definition) is 1. The maximum Gasteiger partial charge on any atom is 0.306 e. The number of sulfonamides is 1. The van der Waals surface area contributed by atoms with Gasteiger partial charge in [-0.1, -0.05) is 12.1 Å². The van der Waals surface area contributed by atoms with Crippen molar-refractivity contribution in [2.45, 2.75) is 30.8 Å². The van der Waals surface area contributed by atoms with Gasteiger partial charge in [0.2, 0.25) is 10.0 Å². The smallest absolute Gasteiger partial charge is 0.306 e. The number of carbonyl (C=O) groups excluding carboxylic acids is 2. The highest BCUT2D eigenvalue weighted by Gasteiger charge is 2.26. The molecule has 1 saturated heterocycles. The average Bonchev–Trinajstić information content (AvgIpc) is 2.61. The van der Waals surface area contributed by atoms with Crippen molar-refractivity contribution in [1.82, 2.24) is 4.31 Å². The van der Waals surface area contributed by atoms with Crippen LogP contribution in [-0.2, 0) is 35.5 Å². The number of ether oxygens (including phenoxy) is 2. The van der Waals surface area contributed by atoms with Crippen LogP contribution in [0, 0.1) is 0 Å². The predicted octanol–water partition coefficient (Wildman–Crippen LogP) is 0.0571. The molecule has 1 aromatic rings. The number of nitrogens with zero attached hydrogens (tertiary/aromatic N) is 1. The van der Waals surface area contributed by atoms with Crippen LogP contribution in [0.3, 0.4) is 0 Å². The average molecular weight is 370 g/mol. The summed E-state index contributed by atoms with van der Waals surface area (Å²) in [5, 5.41) is 0. The Morgan fingerprint density at radius 3 is 2.40 bits per heavy atom. The number of aryl methyl sites for hydroxylation is 1. The fourth-order valence-electron chi connectivity index (χ4n) is 2.32. The predicted molar refractivity (Wildman–Crippen MR) is 89.1 cm³/mol. The molecule has 1 amide bonds. The first-order valence-corrected chi connectivity index (χ1v) is 9.40. The van der Waals surface area contributed by atoms with E-state index >= 15 is 0 Å². The van der Waals surface area contributed by atoms with Gasteiger partial charge < -0.3 is 15.2 Å². The molecule has 2 rings (SSSR count). The van der Waals surface area contributed by atoms with Crippen LogP contribution >= 0.6 is 0 Å². The van der Waals surface area contributed by atoms with Crippen molar-refractivity contribution in [1.29, 1.82) is 0 Å². The first kappa shape index (κ1) is 19.4. The molecular formula is C16H22N2O6S. The molecule has 25 heavy (non-hydrogen) atoms. The Balaban J connectivity index is 1.93. The second kappa shape index (κ2) is 8.41. The normalized spacial score (nSPS) is 17.0. The van der Waals surface area contributed by atoms with Crippen molar-refractivity contribution in [3.8, 4) is 0 Å². The second-order valence-electron chi connectivity index (χ2n) is 5.69. The molecule has 1 aliphatic rings. The van der Waals surface area contributed by atoms with Crippen LogP contribution in [0.4, 0.5) is 0 Å². The zero-order chi connectivity index (χ0) is 18.4. The lowest BCUT2D eigenvalue weighted by molar-refractivity contribution is -0.153. The SMILES string of the molecule is C[C@@H](OC(=O)CCc1ccc(S(=O)(=O)N2CCOCC2)cc1)C(N)=O. The number of carbonyl (C=O) groups is 2. The molecule has 9 heteroatoms. The van der Waals surface area contributed by atoms with Crippen LogP contribution in [0.5, 0.6) is 0 Å².